The van der Waals surface area contributed by atoms with Crippen LogP contribution in [0.2, 0.25) is 0 Å². The lowest BCUT2D eigenvalue weighted by atomic mass is 10.0. The van der Waals surface area contributed by atoms with Gasteiger partial charge in [0.25, 0.3) is 11.8 Å². The Morgan fingerprint density at radius 2 is 1.28 bits per heavy atom. The van der Waals surface area contributed by atoms with Crippen LogP contribution in [-0.4, -0.2) is 35.7 Å². The van der Waals surface area contributed by atoms with Gasteiger partial charge < -0.3 is 4.90 Å². The van der Waals surface area contributed by atoms with Crippen molar-refractivity contribution < 1.29 is 14.4 Å². The van der Waals surface area contributed by atoms with Crippen LogP contribution in [0.3, 0.4) is 0 Å². The third kappa shape index (κ3) is 3.43. The number of para-hydroxylation sites is 1. The molecule has 1 aliphatic rings. The second-order valence-electron chi connectivity index (χ2n) is 6.96. The predicted molar refractivity (Wildman–Crippen MR) is 111 cm³/mol. The summed E-state index contributed by atoms with van der Waals surface area (Å²) in [5.41, 5.74) is 2.26. The van der Waals surface area contributed by atoms with Crippen LogP contribution < -0.4 is 4.90 Å². The average Bonchev–Trinajstić information content (AvgIpc) is 3.03. The van der Waals surface area contributed by atoms with E-state index in [1.807, 2.05) is 60.7 Å². The maximum absolute atomic E-state index is 13.5. The van der Waals surface area contributed by atoms with E-state index in [-0.39, 0.29) is 12.3 Å². The number of carbonyl (C=O) groups excluding carboxylic acids is 3. The summed E-state index contributed by atoms with van der Waals surface area (Å²) in [5.74, 6) is -1.17. The number of hydrogen-bond acceptors (Lipinski definition) is 3. The fraction of sp³-hybridized carbons (Fsp3) is 0.125. The molecule has 29 heavy (non-hydrogen) atoms. The minimum absolute atomic E-state index is 0.252. The maximum atomic E-state index is 13.5. The maximum Gasteiger partial charge on any atom is 0.262 e. The van der Waals surface area contributed by atoms with Gasteiger partial charge in [-0.1, -0.05) is 60.7 Å². The van der Waals surface area contributed by atoms with Crippen molar-refractivity contribution in [2.24, 2.45) is 0 Å². The zero-order valence-corrected chi connectivity index (χ0v) is 16.0. The molecular formula is C24H20N2O3. The van der Waals surface area contributed by atoms with Crippen molar-refractivity contribution in [3.8, 4) is 0 Å². The van der Waals surface area contributed by atoms with Crippen molar-refractivity contribution >= 4 is 23.4 Å². The summed E-state index contributed by atoms with van der Waals surface area (Å²) in [4.78, 5) is 42.1. The lowest BCUT2D eigenvalue weighted by molar-refractivity contribution is -0.122. The van der Waals surface area contributed by atoms with Crippen LogP contribution >= 0.6 is 0 Å². The first-order chi connectivity index (χ1) is 14.1. The van der Waals surface area contributed by atoms with Crippen LogP contribution in [0.1, 0.15) is 26.3 Å². The molecule has 1 heterocycles. The highest BCUT2D eigenvalue weighted by Gasteiger charge is 2.43. The number of anilines is 1. The minimum atomic E-state index is -0.935. The molecule has 0 unspecified atom stereocenters. The Balaban J connectivity index is 1.72. The molecule has 0 aliphatic carbocycles. The number of nitrogens with zero attached hydrogens (tertiary/aromatic N) is 2. The van der Waals surface area contributed by atoms with Crippen molar-refractivity contribution in [1.29, 1.82) is 0 Å². The van der Waals surface area contributed by atoms with Gasteiger partial charge in [-0.2, -0.15) is 0 Å². The average molecular weight is 384 g/mol. The highest BCUT2D eigenvalue weighted by Crippen LogP contribution is 2.27. The molecule has 5 heteroatoms. The first-order valence-electron chi connectivity index (χ1n) is 9.41. The van der Waals surface area contributed by atoms with Gasteiger partial charge in [-0.3, -0.25) is 19.3 Å². The van der Waals surface area contributed by atoms with E-state index in [4.69, 9.17) is 0 Å². The van der Waals surface area contributed by atoms with Gasteiger partial charge >= 0.3 is 0 Å². The van der Waals surface area contributed by atoms with E-state index in [2.05, 4.69) is 0 Å². The molecule has 144 valence electrons. The molecule has 4 rings (SSSR count). The molecule has 5 nitrogen and oxygen atoms in total. The number of benzene rings is 3. The van der Waals surface area contributed by atoms with E-state index in [9.17, 15) is 14.4 Å². The number of imide groups is 1. The van der Waals surface area contributed by atoms with Gasteiger partial charge in [-0.05, 0) is 29.8 Å². The summed E-state index contributed by atoms with van der Waals surface area (Å²) in [5, 5.41) is 0. The third-order valence-corrected chi connectivity index (χ3v) is 5.17. The fourth-order valence-electron chi connectivity index (χ4n) is 3.62. The number of hydrogen-bond donors (Lipinski definition) is 0. The van der Waals surface area contributed by atoms with E-state index >= 15 is 0 Å². The summed E-state index contributed by atoms with van der Waals surface area (Å²) in [7, 11) is 1.66. The molecule has 0 aromatic heterocycles. The largest absolute Gasteiger partial charge is 0.314 e. The number of carbonyl (C=O) groups is 3. The van der Waals surface area contributed by atoms with Gasteiger partial charge in [0.2, 0.25) is 5.91 Å². The van der Waals surface area contributed by atoms with Crippen LogP contribution in [0.4, 0.5) is 5.69 Å². The summed E-state index contributed by atoms with van der Waals surface area (Å²) < 4.78 is 0. The van der Waals surface area contributed by atoms with Crippen LogP contribution in [0.25, 0.3) is 0 Å². The Kier molecular flexibility index (Phi) is 4.96. The number of rotatable bonds is 5. The topological polar surface area (TPSA) is 57.7 Å². The summed E-state index contributed by atoms with van der Waals surface area (Å²) >= 11 is 0. The summed E-state index contributed by atoms with van der Waals surface area (Å²) in [6.45, 7) is 0. The van der Waals surface area contributed by atoms with Gasteiger partial charge in [-0.15, -0.1) is 0 Å². The van der Waals surface area contributed by atoms with Gasteiger partial charge in [0.1, 0.15) is 6.04 Å². The van der Waals surface area contributed by atoms with E-state index in [0.717, 1.165) is 10.5 Å². The highest BCUT2D eigenvalue weighted by molar-refractivity contribution is 6.23. The van der Waals surface area contributed by atoms with Gasteiger partial charge in [0, 0.05) is 19.2 Å². The Morgan fingerprint density at radius 3 is 1.83 bits per heavy atom. The zero-order chi connectivity index (χ0) is 20.4. The van der Waals surface area contributed by atoms with Crippen molar-refractivity contribution in [2.75, 3.05) is 11.9 Å². The molecule has 0 radical (unpaired) electrons. The molecule has 3 amide bonds. The van der Waals surface area contributed by atoms with E-state index in [0.29, 0.717) is 16.8 Å². The first-order valence-corrected chi connectivity index (χ1v) is 9.41. The van der Waals surface area contributed by atoms with E-state index < -0.39 is 17.9 Å². The SMILES string of the molecule is CN(C(=O)[C@H](Cc1ccccc1)N1C(=O)c2ccccc2C1=O)c1ccccc1. The van der Waals surface area contributed by atoms with Crippen LogP contribution in [0.15, 0.2) is 84.9 Å². The van der Waals surface area contributed by atoms with Crippen molar-refractivity contribution in [1.82, 2.24) is 4.90 Å². The lowest BCUT2D eigenvalue weighted by Gasteiger charge is -2.29. The minimum Gasteiger partial charge on any atom is -0.314 e. The monoisotopic (exact) mass is 384 g/mol. The fourth-order valence-corrected chi connectivity index (χ4v) is 3.62. The first kappa shape index (κ1) is 18.6. The molecule has 1 atom stereocenters. The van der Waals surface area contributed by atoms with Crippen molar-refractivity contribution in [3.05, 3.63) is 102 Å². The molecule has 0 fully saturated rings. The zero-order valence-electron chi connectivity index (χ0n) is 16.0. The van der Waals surface area contributed by atoms with Crippen LogP contribution in [0.5, 0.6) is 0 Å². The van der Waals surface area contributed by atoms with Crippen LogP contribution in [-0.2, 0) is 11.2 Å². The van der Waals surface area contributed by atoms with E-state index in [1.54, 1.807) is 31.3 Å². The smallest absolute Gasteiger partial charge is 0.262 e. The van der Waals surface area contributed by atoms with Crippen LogP contribution in [0, 0.1) is 0 Å². The molecule has 0 spiro atoms. The number of likely N-dealkylation sites (N-methyl/N-ethyl adjacent to an activating group) is 1. The second-order valence-corrected chi connectivity index (χ2v) is 6.96. The third-order valence-electron chi connectivity index (χ3n) is 5.17. The molecule has 0 N–H and O–H groups in total. The number of amides is 3. The normalized spacial score (nSPS) is 13.9. The van der Waals surface area contributed by atoms with Crippen molar-refractivity contribution in [2.45, 2.75) is 12.5 Å². The molecule has 0 saturated carbocycles. The summed E-state index contributed by atoms with van der Waals surface area (Å²) in [6, 6.07) is 24.4. The summed E-state index contributed by atoms with van der Waals surface area (Å²) in [6.07, 6.45) is 0.252. The Morgan fingerprint density at radius 1 is 0.793 bits per heavy atom. The molecule has 0 bridgehead atoms. The molecule has 0 saturated heterocycles. The Hall–Kier alpha value is -3.73. The standard InChI is InChI=1S/C24H20N2O3/c1-25(18-12-6-3-7-13-18)24(29)21(16-17-10-4-2-5-11-17)26-22(27)19-14-8-9-15-20(19)23(26)28/h2-15,21H,16H2,1H3/t21-/m0/s1. The Labute approximate surface area is 169 Å². The van der Waals surface area contributed by atoms with Gasteiger partial charge in [-0.25, -0.2) is 0 Å². The predicted octanol–water partition coefficient (Wildman–Crippen LogP) is 3.56. The second kappa shape index (κ2) is 7.72. The van der Waals surface area contributed by atoms with Gasteiger partial charge in [0.15, 0.2) is 0 Å². The molecule has 3 aromatic carbocycles. The lowest BCUT2D eigenvalue weighted by Crippen LogP contribution is -2.51. The Bertz CT molecular complexity index is 1030. The quantitative estimate of drug-likeness (QED) is 0.632. The van der Waals surface area contributed by atoms with E-state index in [1.165, 1.54) is 4.90 Å². The highest BCUT2D eigenvalue weighted by atomic mass is 16.2. The van der Waals surface area contributed by atoms with Gasteiger partial charge in [0.05, 0.1) is 11.1 Å². The van der Waals surface area contributed by atoms with Crippen molar-refractivity contribution in [3.63, 3.8) is 0 Å². The molecule has 1 aliphatic heterocycles. The molecule has 3 aromatic rings. The number of fused-ring (bicyclic) bond motifs is 1. The molecular weight excluding hydrogens is 364 g/mol.